The predicted molar refractivity (Wildman–Crippen MR) is 89.4 cm³/mol. The fourth-order valence-corrected chi connectivity index (χ4v) is 2.61. The average molecular weight is 331 g/mol. The van der Waals surface area contributed by atoms with Gasteiger partial charge in [0.1, 0.15) is 11.9 Å². The van der Waals surface area contributed by atoms with Gasteiger partial charge in [-0.1, -0.05) is 5.16 Å². The number of carbonyl (C=O) groups is 1. The van der Waals surface area contributed by atoms with Crippen LogP contribution >= 0.6 is 0 Å². The van der Waals surface area contributed by atoms with Crippen LogP contribution in [0.5, 0.6) is 5.75 Å². The van der Waals surface area contributed by atoms with Crippen LogP contribution in [0.25, 0.3) is 0 Å². The van der Waals surface area contributed by atoms with Gasteiger partial charge in [-0.2, -0.15) is 0 Å². The first-order chi connectivity index (χ1) is 11.5. The second-order valence-corrected chi connectivity index (χ2v) is 5.95. The van der Waals surface area contributed by atoms with Crippen molar-refractivity contribution in [3.05, 3.63) is 30.2 Å². The molecule has 0 saturated carbocycles. The Hall–Kier alpha value is -2.77. The molecule has 1 fully saturated rings. The van der Waals surface area contributed by atoms with E-state index in [0.717, 1.165) is 18.0 Å². The number of nitrogens with zero attached hydrogens (tertiary/aromatic N) is 4. The Balaban J connectivity index is 1.58. The van der Waals surface area contributed by atoms with Crippen LogP contribution in [0.3, 0.4) is 0 Å². The number of likely N-dealkylation sites (tertiary alicyclic amines) is 1. The number of amides is 2. The average Bonchev–Trinajstić information content (AvgIpc) is 3.17. The summed E-state index contributed by atoms with van der Waals surface area (Å²) in [6, 6.07) is 5.21. The molecule has 3 heterocycles. The highest BCUT2D eigenvalue weighted by Crippen LogP contribution is 2.26. The molecular weight excluding hydrogens is 310 g/mol. The number of carbonyl (C=O) groups excluding carboxylic acids is 1. The van der Waals surface area contributed by atoms with Gasteiger partial charge >= 0.3 is 6.03 Å². The third-order valence-electron chi connectivity index (χ3n) is 3.76. The number of anilines is 2. The van der Waals surface area contributed by atoms with E-state index in [4.69, 9.17) is 9.26 Å². The fraction of sp³-hybridized carbons (Fsp3) is 0.438. The van der Waals surface area contributed by atoms with Gasteiger partial charge in [-0.3, -0.25) is 5.32 Å². The summed E-state index contributed by atoms with van der Waals surface area (Å²) in [6.45, 7) is 2.92. The predicted octanol–water partition coefficient (Wildman–Crippen LogP) is 2.13. The van der Waals surface area contributed by atoms with E-state index in [2.05, 4.69) is 15.5 Å². The minimum Gasteiger partial charge on any atom is -0.485 e. The van der Waals surface area contributed by atoms with Crippen LogP contribution < -0.4 is 15.0 Å². The first-order valence-electron chi connectivity index (χ1n) is 7.81. The molecule has 2 aromatic rings. The summed E-state index contributed by atoms with van der Waals surface area (Å²) in [4.78, 5) is 20.2. The molecule has 8 heteroatoms. The molecule has 0 unspecified atom stereocenters. The molecule has 1 N–H and O–H groups in total. The third-order valence-corrected chi connectivity index (χ3v) is 3.76. The van der Waals surface area contributed by atoms with E-state index in [1.54, 1.807) is 24.1 Å². The van der Waals surface area contributed by atoms with E-state index < -0.39 is 0 Å². The Morgan fingerprint density at radius 1 is 1.50 bits per heavy atom. The standard InChI is InChI=1S/C16H21N5O3/c1-11-9-14(19-24-11)18-16(22)21-8-6-12(10-21)23-13-5-4-7-17-15(13)20(2)3/h4-5,7,9,12H,6,8,10H2,1-3H3,(H,18,19,22)/t12-/m1/s1. The van der Waals surface area contributed by atoms with Gasteiger partial charge < -0.3 is 19.1 Å². The fourth-order valence-electron chi connectivity index (χ4n) is 2.61. The third kappa shape index (κ3) is 3.58. The number of pyridine rings is 1. The lowest BCUT2D eigenvalue weighted by molar-refractivity contribution is 0.194. The minimum atomic E-state index is -0.201. The van der Waals surface area contributed by atoms with Crippen LogP contribution in [0.15, 0.2) is 28.9 Å². The van der Waals surface area contributed by atoms with Gasteiger partial charge in [0.2, 0.25) is 0 Å². The second kappa shape index (κ2) is 6.77. The maximum absolute atomic E-state index is 12.3. The van der Waals surface area contributed by atoms with Crippen molar-refractivity contribution >= 4 is 17.7 Å². The molecular formula is C16H21N5O3. The maximum atomic E-state index is 12.3. The first-order valence-corrected chi connectivity index (χ1v) is 7.81. The Kier molecular flexibility index (Phi) is 4.54. The minimum absolute atomic E-state index is 0.0577. The van der Waals surface area contributed by atoms with Crippen molar-refractivity contribution in [1.29, 1.82) is 0 Å². The molecule has 3 rings (SSSR count). The number of nitrogens with one attached hydrogen (secondary N) is 1. The summed E-state index contributed by atoms with van der Waals surface area (Å²) in [5.41, 5.74) is 0. The zero-order chi connectivity index (χ0) is 17.1. The smallest absolute Gasteiger partial charge is 0.323 e. The zero-order valence-corrected chi connectivity index (χ0v) is 14.0. The molecule has 2 amide bonds. The normalized spacial score (nSPS) is 17.0. The SMILES string of the molecule is Cc1cc(NC(=O)N2CC[C@@H](Oc3cccnc3N(C)C)C2)no1. The van der Waals surface area contributed by atoms with Gasteiger partial charge in [0.05, 0.1) is 6.54 Å². The van der Waals surface area contributed by atoms with Gasteiger partial charge in [0, 0.05) is 39.3 Å². The maximum Gasteiger partial charge on any atom is 0.323 e. The number of ether oxygens (including phenoxy) is 1. The molecule has 8 nitrogen and oxygen atoms in total. The Labute approximate surface area is 140 Å². The molecule has 0 spiro atoms. The van der Waals surface area contributed by atoms with Crippen LogP contribution in [0.1, 0.15) is 12.2 Å². The lowest BCUT2D eigenvalue weighted by Gasteiger charge is -2.20. The molecule has 0 bridgehead atoms. The quantitative estimate of drug-likeness (QED) is 0.924. The van der Waals surface area contributed by atoms with Crippen molar-refractivity contribution in [3.63, 3.8) is 0 Å². The Morgan fingerprint density at radius 2 is 2.33 bits per heavy atom. The summed E-state index contributed by atoms with van der Waals surface area (Å²) in [6.07, 6.45) is 2.45. The monoisotopic (exact) mass is 331 g/mol. The molecule has 0 aliphatic carbocycles. The molecule has 0 aromatic carbocycles. The molecule has 1 aliphatic rings. The van der Waals surface area contributed by atoms with Crippen molar-refractivity contribution < 1.29 is 14.1 Å². The van der Waals surface area contributed by atoms with Gasteiger partial charge in [0.25, 0.3) is 0 Å². The van der Waals surface area contributed by atoms with E-state index >= 15 is 0 Å². The molecule has 0 radical (unpaired) electrons. The van der Waals surface area contributed by atoms with Crippen molar-refractivity contribution in [2.75, 3.05) is 37.4 Å². The van der Waals surface area contributed by atoms with Gasteiger partial charge in [-0.05, 0) is 19.1 Å². The number of aromatic nitrogens is 2. The summed E-state index contributed by atoms with van der Waals surface area (Å²) in [5, 5.41) is 6.49. The lowest BCUT2D eigenvalue weighted by Crippen LogP contribution is -2.34. The highest BCUT2D eigenvalue weighted by Gasteiger charge is 2.28. The number of aryl methyl sites for hydroxylation is 1. The number of urea groups is 1. The highest BCUT2D eigenvalue weighted by molar-refractivity contribution is 5.88. The van der Waals surface area contributed by atoms with E-state index in [1.165, 1.54) is 0 Å². The number of rotatable bonds is 4. The van der Waals surface area contributed by atoms with E-state index in [0.29, 0.717) is 24.7 Å². The Morgan fingerprint density at radius 3 is 3.04 bits per heavy atom. The molecule has 1 atom stereocenters. The summed E-state index contributed by atoms with van der Waals surface area (Å²) >= 11 is 0. The molecule has 1 aliphatic heterocycles. The number of hydrogen-bond acceptors (Lipinski definition) is 6. The van der Waals surface area contributed by atoms with Crippen LogP contribution in [-0.4, -0.2) is 54.4 Å². The van der Waals surface area contributed by atoms with Gasteiger partial charge in [-0.15, -0.1) is 0 Å². The largest absolute Gasteiger partial charge is 0.485 e. The van der Waals surface area contributed by atoms with Crippen molar-refractivity contribution in [2.45, 2.75) is 19.4 Å². The van der Waals surface area contributed by atoms with Gasteiger partial charge in [-0.25, -0.2) is 9.78 Å². The first kappa shape index (κ1) is 16.1. The Bertz CT molecular complexity index is 715. The van der Waals surface area contributed by atoms with E-state index in [1.807, 2.05) is 31.1 Å². The van der Waals surface area contributed by atoms with Crippen molar-refractivity contribution in [2.24, 2.45) is 0 Å². The van der Waals surface area contributed by atoms with Gasteiger partial charge in [0.15, 0.2) is 17.4 Å². The summed E-state index contributed by atoms with van der Waals surface area (Å²) < 4.78 is 11.0. The number of hydrogen-bond donors (Lipinski definition) is 1. The lowest BCUT2D eigenvalue weighted by atomic mass is 10.3. The topological polar surface area (TPSA) is 83.7 Å². The van der Waals surface area contributed by atoms with Crippen LogP contribution in [-0.2, 0) is 0 Å². The second-order valence-electron chi connectivity index (χ2n) is 5.95. The van der Waals surface area contributed by atoms with Crippen LogP contribution in [0.4, 0.5) is 16.4 Å². The summed E-state index contributed by atoms with van der Waals surface area (Å²) in [5.74, 6) is 2.57. The van der Waals surface area contributed by atoms with E-state index in [-0.39, 0.29) is 12.1 Å². The molecule has 24 heavy (non-hydrogen) atoms. The van der Waals surface area contributed by atoms with Crippen LogP contribution in [0.2, 0.25) is 0 Å². The molecule has 1 saturated heterocycles. The molecule has 128 valence electrons. The van der Waals surface area contributed by atoms with Crippen molar-refractivity contribution in [3.8, 4) is 5.75 Å². The zero-order valence-electron chi connectivity index (χ0n) is 14.0. The van der Waals surface area contributed by atoms with E-state index in [9.17, 15) is 4.79 Å². The highest BCUT2D eigenvalue weighted by atomic mass is 16.5. The molecule has 2 aromatic heterocycles. The van der Waals surface area contributed by atoms with Crippen molar-refractivity contribution in [1.82, 2.24) is 15.0 Å². The summed E-state index contributed by atoms with van der Waals surface area (Å²) in [7, 11) is 3.84. The van der Waals surface area contributed by atoms with Crippen LogP contribution in [0, 0.1) is 6.92 Å².